The van der Waals surface area contributed by atoms with E-state index in [4.69, 9.17) is 0 Å². The summed E-state index contributed by atoms with van der Waals surface area (Å²) in [5.74, 6) is -0.417. The third-order valence-electron chi connectivity index (χ3n) is 5.86. The Kier molecular flexibility index (Phi) is 8.21. The van der Waals surface area contributed by atoms with Gasteiger partial charge in [-0.05, 0) is 86.5 Å². The van der Waals surface area contributed by atoms with E-state index in [2.05, 4.69) is 20.0 Å². The van der Waals surface area contributed by atoms with E-state index in [-0.39, 0.29) is 17.4 Å². The number of carbonyl (C=O) groups is 1. The van der Waals surface area contributed by atoms with Gasteiger partial charge < -0.3 is 5.32 Å². The molecule has 0 bridgehead atoms. The zero-order valence-electron chi connectivity index (χ0n) is 22.4. The molecule has 0 saturated carbocycles. The first-order chi connectivity index (χ1) is 18.8. The maximum absolute atomic E-state index is 12.8. The van der Waals surface area contributed by atoms with E-state index in [0.717, 1.165) is 11.8 Å². The average Bonchev–Trinajstić information content (AvgIpc) is 2.86. The molecular formula is C28H29N5O5S2. The molecule has 1 aromatic heterocycles. The van der Waals surface area contributed by atoms with Crippen molar-refractivity contribution in [3.8, 4) is 0 Å². The van der Waals surface area contributed by atoms with Gasteiger partial charge in [0.05, 0.1) is 23.4 Å². The monoisotopic (exact) mass is 579 g/mol. The topological polar surface area (TPSA) is 138 Å². The molecule has 0 aliphatic heterocycles. The molecule has 1 heterocycles. The Bertz CT molecular complexity index is 1740. The van der Waals surface area contributed by atoms with Crippen LogP contribution in [0.5, 0.6) is 0 Å². The highest BCUT2D eigenvalue weighted by Gasteiger charge is 2.19. The average molecular weight is 580 g/mol. The molecule has 0 aliphatic rings. The van der Waals surface area contributed by atoms with Gasteiger partial charge in [0.25, 0.3) is 15.9 Å². The number of amides is 1. The molecule has 0 aliphatic carbocycles. The second-order valence-electron chi connectivity index (χ2n) is 9.36. The number of benzene rings is 3. The number of nitrogens with zero attached hydrogens (tertiary/aromatic N) is 3. The Balaban J connectivity index is 1.43. The van der Waals surface area contributed by atoms with Crippen LogP contribution in [0.1, 0.15) is 32.9 Å². The number of hydrogen-bond acceptors (Lipinski definition) is 7. The number of hydrogen-bond donors (Lipinski definition) is 2. The number of anilines is 3. The predicted molar refractivity (Wildman–Crippen MR) is 155 cm³/mol. The summed E-state index contributed by atoms with van der Waals surface area (Å²) >= 11 is 0. The molecule has 4 aromatic rings. The minimum Gasteiger partial charge on any atom is -0.322 e. The van der Waals surface area contributed by atoms with Crippen LogP contribution in [0.15, 0.2) is 83.8 Å². The van der Waals surface area contributed by atoms with Crippen molar-refractivity contribution in [1.29, 1.82) is 0 Å². The molecule has 208 valence electrons. The van der Waals surface area contributed by atoms with Crippen molar-refractivity contribution in [1.82, 2.24) is 9.97 Å². The Morgan fingerprint density at radius 3 is 2.02 bits per heavy atom. The number of nitrogens with one attached hydrogen (secondary N) is 2. The largest absolute Gasteiger partial charge is 0.322 e. The fourth-order valence-corrected chi connectivity index (χ4v) is 5.81. The zero-order chi connectivity index (χ0) is 29.1. The van der Waals surface area contributed by atoms with Gasteiger partial charge in [0, 0.05) is 22.6 Å². The third kappa shape index (κ3) is 7.21. The first-order valence-electron chi connectivity index (χ1n) is 12.2. The summed E-state index contributed by atoms with van der Waals surface area (Å²) < 4.78 is 54.0. The molecule has 2 N–H and O–H groups in total. The summed E-state index contributed by atoms with van der Waals surface area (Å²) in [6.45, 7) is 5.49. The molecule has 4 rings (SSSR count). The number of aromatic nitrogens is 2. The second-order valence-corrected chi connectivity index (χ2v) is 13.0. The number of sulfonamides is 2. The summed E-state index contributed by atoms with van der Waals surface area (Å²) in [6, 6.07) is 21.3. The van der Waals surface area contributed by atoms with Gasteiger partial charge in [-0.25, -0.2) is 31.5 Å². The minimum absolute atomic E-state index is 0.0124. The molecule has 0 fully saturated rings. The van der Waals surface area contributed by atoms with E-state index in [1.807, 2.05) is 13.0 Å². The van der Waals surface area contributed by atoms with Crippen LogP contribution < -0.4 is 14.3 Å². The van der Waals surface area contributed by atoms with Crippen LogP contribution in [-0.4, -0.2) is 39.0 Å². The van der Waals surface area contributed by atoms with E-state index in [9.17, 15) is 21.6 Å². The fourth-order valence-electron chi connectivity index (χ4n) is 3.98. The number of aryl methyl sites for hydroxylation is 3. The van der Waals surface area contributed by atoms with Gasteiger partial charge in [-0.1, -0.05) is 24.3 Å². The quantitative estimate of drug-likeness (QED) is 0.299. The SMILES string of the molecule is Cc1cccc(N(Cc2ccc(C(=O)Nc3ccc(S(=O)(=O)Nc4nc(C)cc(C)n4)cc3)cc2)S(C)(=O)=O)c1. The molecule has 0 saturated heterocycles. The molecule has 10 nitrogen and oxygen atoms in total. The Morgan fingerprint density at radius 2 is 1.45 bits per heavy atom. The summed E-state index contributed by atoms with van der Waals surface area (Å²) in [4.78, 5) is 21.0. The van der Waals surface area contributed by atoms with Crippen molar-refractivity contribution in [3.05, 3.63) is 107 Å². The first-order valence-corrected chi connectivity index (χ1v) is 15.5. The van der Waals surface area contributed by atoms with Gasteiger partial charge >= 0.3 is 0 Å². The normalized spacial score (nSPS) is 11.6. The van der Waals surface area contributed by atoms with E-state index in [1.54, 1.807) is 62.4 Å². The third-order valence-corrected chi connectivity index (χ3v) is 8.35. The lowest BCUT2D eigenvalue weighted by molar-refractivity contribution is 0.102. The Labute approximate surface area is 234 Å². The summed E-state index contributed by atoms with van der Waals surface area (Å²) in [6.07, 6.45) is 1.15. The van der Waals surface area contributed by atoms with Crippen LogP contribution in [-0.2, 0) is 26.6 Å². The van der Waals surface area contributed by atoms with E-state index >= 15 is 0 Å². The maximum Gasteiger partial charge on any atom is 0.264 e. The molecule has 0 radical (unpaired) electrons. The van der Waals surface area contributed by atoms with Gasteiger partial charge in [-0.3, -0.25) is 9.10 Å². The van der Waals surface area contributed by atoms with Crippen molar-refractivity contribution < 1.29 is 21.6 Å². The van der Waals surface area contributed by atoms with Crippen molar-refractivity contribution in [2.24, 2.45) is 0 Å². The lowest BCUT2D eigenvalue weighted by Gasteiger charge is -2.23. The standard InChI is InChI=1S/C28H29N5O5S2/c1-19-6-5-7-25(16-19)33(39(4,35)36)18-22-8-10-23(11-9-22)27(34)31-24-12-14-26(15-13-24)40(37,38)32-28-29-20(2)17-21(3)30-28/h5-17H,18H2,1-4H3,(H,31,34)(H,29,30,32). The summed E-state index contributed by atoms with van der Waals surface area (Å²) in [5, 5.41) is 2.73. The van der Waals surface area contributed by atoms with Gasteiger partial charge in [-0.2, -0.15) is 0 Å². The predicted octanol–water partition coefficient (Wildman–Crippen LogP) is 4.42. The lowest BCUT2D eigenvalue weighted by atomic mass is 10.1. The lowest BCUT2D eigenvalue weighted by Crippen LogP contribution is -2.29. The molecule has 1 amide bonds. The fraction of sp³-hybridized carbons (Fsp3) is 0.179. The highest BCUT2D eigenvalue weighted by molar-refractivity contribution is 7.92. The van der Waals surface area contributed by atoms with Crippen molar-refractivity contribution in [2.75, 3.05) is 20.6 Å². The first kappa shape index (κ1) is 28.7. The minimum atomic E-state index is -3.93. The van der Waals surface area contributed by atoms with E-state index < -0.39 is 26.0 Å². The highest BCUT2D eigenvalue weighted by atomic mass is 32.2. The maximum atomic E-state index is 12.8. The smallest absolute Gasteiger partial charge is 0.264 e. The van der Waals surface area contributed by atoms with Crippen LogP contribution in [0.2, 0.25) is 0 Å². The van der Waals surface area contributed by atoms with Crippen LogP contribution in [0.4, 0.5) is 17.3 Å². The second kappa shape index (κ2) is 11.4. The number of carbonyl (C=O) groups excluding carboxylic acids is 1. The molecule has 0 spiro atoms. The molecule has 0 unspecified atom stereocenters. The van der Waals surface area contributed by atoms with E-state index in [1.165, 1.54) is 28.6 Å². The summed E-state index contributed by atoms with van der Waals surface area (Å²) in [5.41, 5.74) is 4.24. The molecular weight excluding hydrogens is 550 g/mol. The van der Waals surface area contributed by atoms with Crippen molar-refractivity contribution in [2.45, 2.75) is 32.2 Å². The zero-order valence-corrected chi connectivity index (χ0v) is 24.0. The van der Waals surface area contributed by atoms with Gasteiger partial charge in [0.1, 0.15) is 0 Å². The van der Waals surface area contributed by atoms with Crippen LogP contribution >= 0.6 is 0 Å². The molecule has 0 atom stereocenters. The van der Waals surface area contributed by atoms with Gasteiger partial charge in [-0.15, -0.1) is 0 Å². The number of rotatable bonds is 9. The summed E-state index contributed by atoms with van der Waals surface area (Å²) in [7, 11) is -7.46. The van der Waals surface area contributed by atoms with Crippen LogP contribution in [0, 0.1) is 20.8 Å². The van der Waals surface area contributed by atoms with Crippen molar-refractivity contribution in [3.63, 3.8) is 0 Å². The molecule has 40 heavy (non-hydrogen) atoms. The highest BCUT2D eigenvalue weighted by Crippen LogP contribution is 2.22. The van der Waals surface area contributed by atoms with Gasteiger partial charge in [0.15, 0.2) is 0 Å². The van der Waals surface area contributed by atoms with Crippen LogP contribution in [0.3, 0.4) is 0 Å². The molecule has 3 aromatic carbocycles. The Hall–Kier alpha value is -4.29. The van der Waals surface area contributed by atoms with Gasteiger partial charge in [0.2, 0.25) is 16.0 Å². The van der Waals surface area contributed by atoms with Crippen LogP contribution in [0.25, 0.3) is 0 Å². The van der Waals surface area contributed by atoms with Crippen molar-refractivity contribution >= 4 is 43.3 Å². The molecule has 12 heteroatoms. The van der Waals surface area contributed by atoms with E-state index in [0.29, 0.717) is 33.9 Å². The Morgan fingerprint density at radius 1 is 0.825 bits per heavy atom.